The van der Waals surface area contributed by atoms with Crippen LogP contribution >= 0.6 is 43.2 Å². The maximum absolute atomic E-state index is 11.9. The molecule has 0 aliphatic heterocycles. The summed E-state index contributed by atoms with van der Waals surface area (Å²) in [4.78, 5) is 11.9. The molecule has 0 aliphatic rings. The van der Waals surface area contributed by atoms with Crippen molar-refractivity contribution in [2.75, 3.05) is 13.2 Å². The first kappa shape index (κ1) is 15.6. The smallest absolute Gasteiger partial charge is 0.190 e. The van der Waals surface area contributed by atoms with Crippen molar-refractivity contribution in [3.63, 3.8) is 0 Å². The van der Waals surface area contributed by atoms with Gasteiger partial charge in [-0.25, -0.2) is 0 Å². The minimum atomic E-state index is -0.0214. The molecule has 0 saturated carbocycles. The third-order valence-electron chi connectivity index (χ3n) is 2.51. The van der Waals surface area contributed by atoms with Crippen molar-refractivity contribution in [1.29, 1.82) is 0 Å². The molecule has 1 heterocycles. The van der Waals surface area contributed by atoms with E-state index < -0.39 is 0 Å². The molecule has 0 saturated heterocycles. The highest BCUT2D eigenvalue weighted by Crippen LogP contribution is 2.32. The monoisotopic (exact) mass is 414 g/mol. The average Bonchev–Trinajstić information content (AvgIpc) is 2.78. The molecule has 0 radical (unpaired) electrons. The summed E-state index contributed by atoms with van der Waals surface area (Å²) >= 11 is 8.21. The molecule has 2 aromatic rings. The summed E-state index contributed by atoms with van der Waals surface area (Å²) in [6, 6.07) is 11.8. The quantitative estimate of drug-likeness (QED) is 0.479. The number of thiophene rings is 1. The molecular weight excluding hydrogens is 404 g/mol. The Hall–Kier alpha value is -0.750. The van der Waals surface area contributed by atoms with Gasteiger partial charge in [0.15, 0.2) is 5.78 Å². The minimum absolute atomic E-state index is 0.0214. The van der Waals surface area contributed by atoms with Gasteiger partial charge in [-0.2, -0.15) is 0 Å². The number of ketones is 1. The number of halogens is 2. The van der Waals surface area contributed by atoms with Crippen LogP contribution in [0.5, 0.6) is 0 Å². The molecule has 0 fully saturated rings. The van der Waals surface area contributed by atoms with E-state index in [9.17, 15) is 4.79 Å². The molecule has 0 bridgehead atoms. The number of Topliss-reactive ketones (excluding diaryl/α,β-unsaturated/α-hetero) is 1. The number of benzene rings is 1. The molecule has 0 atom stereocenters. The predicted molar refractivity (Wildman–Crippen MR) is 90.3 cm³/mol. The molecule has 104 valence electrons. The first-order valence-corrected chi connectivity index (χ1v) is 8.34. The average molecular weight is 416 g/mol. The van der Waals surface area contributed by atoms with Crippen molar-refractivity contribution in [3.8, 4) is 0 Å². The highest BCUT2D eigenvalue weighted by molar-refractivity contribution is 9.12. The van der Waals surface area contributed by atoms with E-state index in [0.29, 0.717) is 12.2 Å². The summed E-state index contributed by atoms with van der Waals surface area (Å²) in [5.74, 6) is -0.0214. The zero-order chi connectivity index (χ0) is 14.4. The molecule has 0 unspecified atom stereocenters. The van der Waals surface area contributed by atoms with Crippen LogP contribution in [0.4, 0.5) is 0 Å². The topological polar surface area (TPSA) is 26.3 Å². The van der Waals surface area contributed by atoms with Gasteiger partial charge in [0.2, 0.25) is 0 Å². The van der Waals surface area contributed by atoms with E-state index in [1.165, 1.54) is 11.3 Å². The summed E-state index contributed by atoms with van der Waals surface area (Å²) in [5.41, 5.74) is 1.78. The zero-order valence-corrected chi connectivity index (χ0v) is 14.5. The van der Waals surface area contributed by atoms with Gasteiger partial charge in [-0.05, 0) is 43.5 Å². The van der Waals surface area contributed by atoms with Gasteiger partial charge in [0.1, 0.15) is 6.61 Å². The van der Waals surface area contributed by atoms with E-state index in [2.05, 4.69) is 31.9 Å². The summed E-state index contributed by atoms with van der Waals surface area (Å²) in [6.07, 6.45) is 3.88. The largest absolute Gasteiger partial charge is 0.369 e. The van der Waals surface area contributed by atoms with Gasteiger partial charge >= 0.3 is 0 Å². The molecule has 0 N–H and O–H groups in total. The number of carbonyl (C=O) groups is 1. The van der Waals surface area contributed by atoms with Gasteiger partial charge in [-0.1, -0.05) is 42.5 Å². The first-order valence-electron chi connectivity index (χ1n) is 5.94. The summed E-state index contributed by atoms with van der Waals surface area (Å²) in [6.45, 7) is 0.504. The van der Waals surface area contributed by atoms with Crippen LogP contribution in [0.25, 0.3) is 6.08 Å². The van der Waals surface area contributed by atoms with Gasteiger partial charge in [0.05, 0.1) is 14.2 Å². The van der Waals surface area contributed by atoms with Crippen LogP contribution in [0.15, 0.2) is 50.0 Å². The molecule has 1 aromatic carbocycles. The lowest BCUT2D eigenvalue weighted by Crippen LogP contribution is -2.08. The minimum Gasteiger partial charge on any atom is -0.369 e. The third kappa shape index (κ3) is 4.66. The van der Waals surface area contributed by atoms with Gasteiger partial charge in [-0.3, -0.25) is 4.79 Å². The Balaban J connectivity index is 1.77. The maximum atomic E-state index is 11.9. The molecule has 0 amide bonds. The molecule has 2 nitrogen and oxygen atoms in total. The van der Waals surface area contributed by atoms with E-state index in [1.807, 2.05) is 42.5 Å². The number of hydrogen-bond donors (Lipinski definition) is 0. The Morgan fingerprint density at radius 1 is 1.25 bits per heavy atom. The van der Waals surface area contributed by atoms with Crippen LogP contribution in [-0.2, 0) is 4.74 Å². The Kier molecular flexibility index (Phi) is 6.16. The number of hydrogen-bond acceptors (Lipinski definition) is 3. The Morgan fingerprint density at radius 3 is 2.65 bits per heavy atom. The summed E-state index contributed by atoms with van der Waals surface area (Å²) in [7, 11) is 0. The van der Waals surface area contributed by atoms with Gasteiger partial charge in [0, 0.05) is 5.56 Å². The number of ether oxygens (including phenoxy) is 1. The number of carbonyl (C=O) groups excluding carboxylic acids is 1. The van der Waals surface area contributed by atoms with E-state index in [4.69, 9.17) is 4.74 Å². The van der Waals surface area contributed by atoms with Gasteiger partial charge in [-0.15, -0.1) is 11.3 Å². The summed E-state index contributed by atoms with van der Waals surface area (Å²) in [5, 5.41) is 0. The molecular formula is C15H12Br2O2S. The second-order valence-electron chi connectivity index (χ2n) is 3.99. The van der Waals surface area contributed by atoms with Gasteiger partial charge < -0.3 is 4.74 Å². The Bertz CT molecular complexity index is 606. The fraction of sp³-hybridized carbons (Fsp3) is 0.133. The fourth-order valence-corrected chi connectivity index (χ4v) is 4.43. The standard InChI is InChI=1S/C15H12Br2O2S/c16-14-9-12(15(17)20-14)13(18)10-19-8-4-7-11-5-2-1-3-6-11/h1-7,9H,8,10H2. The van der Waals surface area contributed by atoms with Crippen LogP contribution in [0.2, 0.25) is 0 Å². The van der Waals surface area contributed by atoms with E-state index in [0.717, 1.165) is 13.1 Å². The zero-order valence-electron chi connectivity index (χ0n) is 10.5. The highest BCUT2D eigenvalue weighted by Gasteiger charge is 2.13. The maximum Gasteiger partial charge on any atom is 0.190 e. The van der Waals surface area contributed by atoms with E-state index >= 15 is 0 Å². The van der Waals surface area contributed by atoms with E-state index in [1.54, 1.807) is 6.07 Å². The molecule has 5 heteroatoms. The SMILES string of the molecule is O=C(COCC=Cc1ccccc1)c1cc(Br)sc1Br. The van der Waals surface area contributed by atoms with Crippen molar-refractivity contribution in [1.82, 2.24) is 0 Å². The molecule has 1 aromatic heterocycles. The molecule has 20 heavy (non-hydrogen) atoms. The van der Waals surface area contributed by atoms with Crippen LogP contribution in [0, 0.1) is 0 Å². The Labute approximate surface area is 138 Å². The van der Waals surface area contributed by atoms with Crippen LogP contribution in [-0.4, -0.2) is 19.0 Å². The lowest BCUT2D eigenvalue weighted by Gasteiger charge is -2.00. The van der Waals surface area contributed by atoms with Crippen molar-refractivity contribution in [2.24, 2.45) is 0 Å². The van der Waals surface area contributed by atoms with E-state index in [-0.39, 0.29) is 12.4 Å². The van der Waals surface area contributed by atoms with Gasteiger partial charge in [0.25, 0.3) is 0 Å². The van der Waals surface area contributed by atoms with Crippen LogP contribution in [0.3, 0.4) is 0 Å². The fourth-order valence-electron chi connectivity index (χ4n) is 1.58. The summed E-state index contributed by atoms with van der Waals surface area (Å²) < 4.78 is 7.13. The lowest BCUT2D eigenvalue weighted by atomic mass is 10.2. The second kappa shape index (κ2) is 7.88. The normalized spacial score (nSPS) is 11.1. The lowest BCUT2D eigenvalue weighted by molar-refractivity contribution is 0.0806. The molecule has 0 aliphatic carbocycles. The van der Waals surface area contributed by atoms with Crippen molar-refractivity contribution >= 4 is 55.1 Å². The van der Waals surface area contributed by atoms with Crippen molar-refractivity contribution in [2.45, 2.75) is 0 Å². The highest BCUT2D eigenvalue weighted by atomic mass is 79.9. The van der Waals surface area contributed by atoms with Crippen LogP contribution in [0.1, 0.15) is 15.9 Å². The Morgan fingerprint density at radius 2 is 2.00 bits per heavy atom. The number of rotatable bonds is 6. The second-order valence-corrected chi connectivity index (χ2v) is 7.74. The molecule has 0 spiro atoms. The van der Waals surface area contributed by atoms with Crippen molar-refractivity contribution < 1.29 is 9.53 Å². The molecule has 2 rings (SSSR count). The third-order valence-corrected chi connectivity index (χ3v) is 4.85. The predicted octanol–water partition coefficient (Wildman–Crippen LogP) is 5.19. The first-order chi connectivity index (χ1) is 9.66. The van der Waals surface area contributed by atoms with Crippen molar-refractivity contribution in [3.05, 3.63) is 61.2 Å². The van der Waals surface area contributed by atoms with Crippen LogP contribution < -0.4 is 0 Å².